The number of aliphatic hydroxyl groups excluding tert-OH is 1. The van der Waals surface area contributed by atoms with Gasteiger partial charge in [0.25, 0.3) is 5.91 Å². The van der Waals surface area contributed by atoms with Crippen LogP contribution in [0.1, 0.15) is 22.3 Å². The van der Waals surface area contributed by atoms with Gasteiger partial charge in [-0.3, -0.25) is 4.79 Å². The molecule has 0 aromatic heterocycles. The molecule has 1 fully saturated rings. The lowest BCUT2D eigenvalue weighted by atomic mass is 9.88. The Morgan fingerprint density at radius 1 is 1.24 bits per heavy atom. The highest BCUT2D eigenvalue weighted by Crippen LogP contribution is 2.24. The average Bonchev–Trinajstić information content (AvgIpc) is 2.65. The van der Waals surface area contributed by atoms with E-state index in [0.717, 1.165) is 0 Å². The Morgan fingerprint density at radius 2 is 1.96 bits per heavy atom. The van der Waals surface area contributed by atoms with Crippen molar-refractivity contribution in [3.8, 4) is 5.75 Å². The molecule has 0 aliphatic carbocycles. The molecular weight excluding hydrogens is 321 g/mol. The van der Waals surface area contributed by atoms with Crippen molar-refractivity contribution in [2.75, 3.05) is 20.2 Å². The second-order valence-electron chi connectivity index (χ2n) is 6.39. The van der Waals surface area contributed by atoms with E-state index in [4.69, 9.17) is 4.74 Å². The number of likely N-dealkylation sites (tertiary alicyclic amines) is 1. The third-order valence-electron chi connectivity index (χ3n) is 4.76. The Labute approximate surface area is 146 Å². The van der Waals surface area contributed by atoms with Crippen LogP contribution in [0.25, 0.3) is 0 Å². The first kappa shape index (κ1) is 17.4. The maximum atomic E-state index is 13.9. The van der Waals surface area contributed by atoms with Crippen LogP contribution in [-0.2, 0) is 6.42 Å². The molecule has 1 amide bonds. The van der Waals surface area contributed by atoms with Crippen LogP contribution in [0.5, 0.6) is 5.75 Å². The number of halogens is 1. The van der Waals surface area contributed by atoms with E-state index in [2.05, 4.69) is 0 Å². The lowest BCUT2D eigenvalue weighted by molar-refractivity contribution is 0.0239. The Morgan fingerprint density at radius 3 is 2.64 bits per heavy atom. The van der Waals surface area contributed by atoms with E-state index in [1.54, 1.807) is 54.5 Å². The number of nitrogens with zero attached hydrogens (tertiary/aromatic N) is 1. The molecule has 1 N–H and O–H groups in total. The molecule has 1 saturated heterocycles. The van der Waals surface area contributed by atoms with Crippen LogP contribution in [-0.4, -0.2) is 42.2 Å². The molecule has 1 aliphatic rings. The Balaban J connectivity index is 1.71. The Bertz CT molecular complexity index is 732. The van der Waals surface area contributed by atoms with Gasteiger partial charge in [-0.25, -0.2) is 4.39 Å². The van der Waals surface area contributed by atoms with Gasteiger partial charge in [0.2, 0.25) is 0 Å². The first-order valence-corrected chi connectivity index (χ1v) is 8.43. The van der Waals surface area contributed by atoms with Crippen molar-refractivity contribution in [1.82, 2.24) is 4.90 Å². The zero-order valence-corrected chi connectivity index (χ0v) is 14.2. The maximum absolute atomic E-state index is 13.9. The summed E-state index contributed by atoms with van der Waals surface area (Å²) in [4.78, 5) is 14.4. The van der Waals surface area contributed by atoms with Crippen molar-refractivity contribution in [2.24, 2.45) is 5.92 Å². The predicted molar refractivity (Wildman–Crippen MR) is 93.1 cm³/mol. The summed E-state index contributed by atoms with van der Waals surface area (Å²) in [5.74, 6) is 0.178. The summed E-state index contributed by atoms with van der Waals surface area (Å²) < 4.78 is 19.0. The van der Waals surface area contributed by atoms with Gasteiger partial charge in [-0.2, -0.15) is 0 Å². The number of amides is 1. The molecule has 0 unspecified atom stereocenters. The van der Waals surface area contributed by atoms with Crippen LogP contribution in [0.4, 0.5) is 4.39 Å². The molecular formula is C20H22FNO3. The molecule has 5 heteroatoms. The summed E-state index contributed by atoms with van der Waals surface area (Å²) >= 11 is 0. The number of ether oxygens (including phenoxy) is 1. The van der Waals surface area contributed by atoms with Gasteiger partial charge < -0.3 is 14.7 Å². The molecule has 1 aliphatic heterocycles. The molecule has 25 heavy (non-hydrogen) atoms. The first-order valence-electron chi connectivity index (χ1n) is 8.43. The van der Waals surface area contributed by atoms with Gasteiger partial charge in [0.1, 0.15) is 11.6 Å². The summed E-state index contributed by atoms with van der Waals surface area (Å²) in [5.41, 5.74) is 1.16. The number of methoxy groups -OCH3 is 1. The minimum atomic E-state index is -0.528. The Hall–Kier alpha value is -2.40. The van der Waals surface area contributed by atoms with E-state index >= 15 is 0 Å². The van der Waals surface area contributed by atoms with Gasteiger partial charge in [0, 0.05) is 24.6 Å². The van der Waals surface area contributed by atoms with Gasteiger partial charge in [0.05, 0.1) is 13.2 Å². The molecule has 2 aromatic rings. The third-order valence-corrected chi connectivity index (χ3v) is 4.76. The number of aliphatic hydroxyl groups is 1. The van der Waals surface area contributed by atoms with E-state index in [1.807, 2.05) is 0 Å². The van der Waals surface area contributed by atoms with Crippen molar-refractivity contribution >= 4 is 5.91 Å². The minimum absolute atomic E-state index is 0.0758. The molecule has 132 valence electrons. The first-order chi connectivity index (χ1) is 12.1. The number of carbonyl (C=O) groups is 1. The maximum Gasteiger partial charge on any atom is 0.253 e. The smallest absolute Gasteiger partial charge is 0.253 e. The number of rotatable bonds is 4. The Kier molecular flexibility index (Phi) is 5.34. The fraction of sp³-hybridized carbons (Fsp3) is 0.350. The van der Waals surface area contributed by atoms with Crippen LogP contribution < -0.4 is 4.74 Å². The highest BCUT2D eigenvalue weighted by atomic mass is 19.1. The van der Waals surface area contributed by atoms with Crippen LogP contribution in [0.2, 0.25) is 0 Å². The third kappa shape index (κ3) is 3.99. The zero-order chi connectivity index (χ0) is 17.8. The second-order valence-corrected chi connectivity index (χ2v) is 6.39. The zero-order valence-electron chi connectivity index (χ0n) is 14.2. The summed E-state index contributed by atoms with van der Waals surface area (Å²) in [6.45, 7) is 0.917. The highest BCUT2D eigenvalue weighted by molar-refractivity contribution is 5.94. The van der Waals surface area contributed by atoms with Gasteiger partial charge in [0.15, 0.2) is 0 Å². The van der Waals surface area contributed by atoms with Gasteiger partial charge >= 0.3 is 0 Å². The van der Waals surface area contributed by atoms with E-state index in [9.17, 15) is 14.3 Å². The molecule has 3 rings (SSSR count). The quantitative estimate of drug-likeness (QED) is 0.929. The number of piperidine rings is 1. The standard InChI is InChI=1S/C20H22FNO3/c1-25-17-8-6-14(7-9-17)20(24)22-11-10-19(23)16(13-22)12-15-4-2-3-5-18(15)21/h2-9,16,19,23H,10-13H2,1H3/t16-,19-/m1/s1. The lowest BCUT2D eigenvalue weighted by Crippen LogP contribution is -2.46. The SMILES string of the molecule is COc1ccc(C(=O)N2CC[C@@H](O)[C@H](Cc3ccccc3F)C2)cc1. The highest BCUT2D eigenvalue weighted by Gasteiger charge is 2.31. The number of benzene rings is 2. The van der Waals surface area contributed by atoms with Crippen LogP contribution in [0, 0.1) is 11.7 Å². The van der Waals surface area contributed by atoms with Crippen molar-refractivity contribution in [1.29, 1.82) is 0 Å². The average molecular weight is 343 g/mol. The molecule has 0 radical (unpaired) electrons. The lowest BCUT2D eigenvalue weighted by Gasteiger charge is -2.36. The minimum Gasteiger partial charge on any atom is -0.497 e. The number of carbonyl (C=O) groups excluding carboxylic acids is 1. The number of hydrogen-bond acceptors (Lipinski definition) is 3. The monoisotopic (exact) mass is 343 g/mol. The summed E-state index contributed by atoms with van der Waals surface area (Å²) in [7, 11) is 1.58. The van der Waals surface area contributed by atoms with E-state index < -0.39 is 6.10 Å². The van der Waals surface area contributed by atoms with Crippen molar-refractivity contribution in [3.63, 3.8) is 0 Å². The van der Waals surface area contributed by atoms with Gasteiger partial charge in [-0.15, -0.1) is 0 Å². The van der Waals surface area contributed by atoms with Gasteiger partial charge in [-0.05, 0) is 48.7 Å². The van der Waals surface area contributed by atoms with Crippen molar-refractivity contribution < 1.29 is 19.0 Å². The molecule has 2 aromatic carbocycles. The molecule has 1 heterocycles. The molecule has 4 nitrogen and oxygen atoms in total. The molecule has 0 saturated carbocycles. The van der Waals surface area contributed by atoms with Crippen molar-refractivity contribution in [2.45, 2.75) is 18.9 Å². The van der Waals surface area contributed by atoms with E-state index in [0.29, 0.717) is 42.8 Å². The van der Waals surface area contributed by atoms with Crippen LogP contribution in [0.15, 0.2) is 48.5 Å². The van der Waals surface area contributed by atoms with Crippen LogP contribution in [0.3, 0.4) is 0 Å². The number of hydrogen-bond donors (Lipinski definition) is 1. The van der Waals surface area contributed by atoms with E-state index in [-0.39, 0.29) is 17.6 Å². The molecule has 0 bridgehead atoms. The molecule has 0 spiro atoms. The fourth-order valence-corrected chi connectivity index (χ4v) is 3.27. The normalized spacial score (nSPS) is 20.4. The predicted octanol–water partition coefficient (Wildman–Crippen LogP) is 2.90. The van der Waals surface area contributed by atoms with Gasteiger partial charge in [-0.1, -0.05) is 18.2 Å². The summed E-state index contributed by atoms with van der Waals surface area (Å²) in [6, 6.07) is 13.6. The summed E-state index contributed by atoms with van der Waals surface area (Å²) in [6.07, 6.45) is 0.390. The van der Waals surface area contributed by atoms with Crippen molar-refractivity contribution in [3.05, 3.63) is 65.5 Å². The van der Waals surface area contributed by atoms with Crippen LogP contribution >= 0.6 is 0 Å². The second kappa shape index (κ2) is 7.66. The topological polar surface area (TPSA) is 49.8 Å². The van der Waals surface area contributed by atoms with E-state index in [1.165, 1.54) is 6.07 Å². The largest absolute Gasteiger partial charge is 0.497 e. The summed E-state index contributed by atoms with van der Waals surface area (Å²) in [5, 5.41) is 10.3. The fourth-order valence-electron chi connectivity index (χ4n) is 3.27. The molecule has 2 atom stereocenters.